The highest BCUT2D eigenvalue weighted by molar-refractivity contribution is 6.07. The van der Waals surface area contributed by atoms with Crippen molar-refractivity contribution in [3.63, 3.8) is 0 Å². The first kappa shape index (κ1) is 22.8. The van der Waals surface area contributed by atoms with Crippen LogP contribution in [0.2, 0.25) is 0 Å². The van der Waals surface area contributed by atoms with Gasteiger partial charge in [0.25, 0.3) is 11.2 Å². The van der Waals surface area contributed by atoms with Crippen molar-refractivity contribution < 1.29 is 4.92 Å². The van der Waals surface area contributed by atoms with E-state index in [4.69, 9.17) is 0 Å². The van der Waals surface area contributed by atoms with Crippen LogP contribution < -0.4 is 5.56 Å². The molecule has 5 rings (SSSR count). The van der Waals surface area contributed by atoms with Gasteiger partial charge in [0.2, 0.25) is 0 Å². The molecule has 8 nitrogen and oxygen atoms in total. The monoisotopic (exact) mass is 469 g/mol. The van der Waals surface area contributed by atoms with Gasteiger partial charge in [-0.1, -0.05) is 24.6 Å². The smallest absolute Gasteiger partial charge is 0.273 e. The zero-order valence-electron chi connectivity index (χ0n) is 19.5. The van der Waals surface area contributed by atoms with Crippen molar-refractivity contribution in [3.05, 3.63) is 80.6 Å². The summed E-state index contributed by atoms with van der Waals surface area (Å²) in [5.74, 6) is 0. The molecule has 0 radical (unpaired) electrons. The van der Waals surface area contributed by atoms with Gasteiger partial charge in [0, 0.05) is 29.8 Å². The average Bonchev–Trinajstić information content (AvgIpc) is 3.20. The molecule has 8 heteroatoms. The van der Waals surface area contributed by atoms with Crippen LogP contribution in [0, 0.1) is 21.4 Å². The molecule has 0 aliphatic carbocycles. The van der Waals surface area contributed by atoms with Crippen molar-refractivity contribution >= 4 is 27.6 Å². The Morgan fingerprint density at radius 3 is 2.37 bits per heavy atom. The Labute approximate surface area is 202 Å². The number of aromatic nitrogens is 2. The van der Waals surface area contributed by atoms with Gasteiger partial charge in [0.05, 0.1) is 21.5 Å². The van der Waals surface area contributed by atoms with E-state index in [-0.39, 0.29) is 11.3 Å². The highest BCUT2D eigenvalue weighted by Gasteiger charge is 2.19. The van der Waals surface area contributed by atoms with Gasteiger partial charge >= 0.3 is 0 Å². The van der Waals surface area contributed by atoms with E-state index in [9.17, 15) is 20.2 Å². The Kier molecular flexibility index (Phi) is 6.34. The number of hydrogen-bond donors (Lipinski definition) is 0. The highest BCUT2D eigenvalue weighted by Crippen LogP contribution is 2.31. The SMILES string of the molecule is N#Cc1cc2c(c3ccccc3n2CCCCN2CCCCC2)n(-c2ccc([N+](=O)[O-])cc2)c1=O. The molecule has 0 bridgehead atoms. The molecule has 178 valence electrons. The van der Waals surface area contributed by atoms with E-state index >= 15 is 0 Å². The molecule has 0 saturated carbocycles. The number of nitriles is 1. The molecule has 1 saturated heterocycles. The molecule has 2 aromatic carbocycles. The van der Waals surface area contributed by atoms with Gasteiger partial charge in [-0.25, -0.2) is 0 Å². The van der Waals surface area contributed by atoms with Crippen LogP contribution >= 0.6 is 0 Å². The van der Waals surface area contributed by atoms with Gasteiger partial charge in [-0.05, 0) is 69.6 Å². The summed E-state index contributed by atoms with van der Waals surface area (Å²) < 4.78 is 3.72. The normalized spacial score (nSPS) is 14.4. The Hall–Kier alpha value is -3.96. The van der Waals surface area contributed by atoms with E-state index in [1.165, 1.54) is 49.1 Å². The standard InChI is InChI=1S/C27H27N5O3/c28-19-20-18-25-26(31(27(20)33)21-10-12-22(13-11-21)32(34)35)23-8-2-3-9-24(23)30(25)17-7-6-16-29-14-4-1-5-15-29/h2-3,8-13,18H,1,4-7,14-17H2. The zero-order chi connectivity index (χ0) is 24.4. The molecule has 0 N–H and O–H groups in total. The van der Waals surface area contributed by atoms with Gasteiger partial charge in [-0.15, -0.1) is 0 Å². The van der Waals surface area contributed by atoms with Crippen molar-refractivity contribution in [2.45, 2.75) is 38.6 Å². The first-order valence-electron chi connectivity index (χ1n) is 12.1. The lowest BCUT2D eigenvalue weighted by atomic mass is 10.1. The quantitative estimate of drug-likeness (QED) is 0.216. The summed E-state index contributed by atoms with van der Waals surface area (Å²) in [5.41, 5.74) is 2.61. The molecular weight excluding hydrogens is 442 g/mol. The van der Waals surface area contributed by atoms with E-state index in [0.717, 1.165) is 47.9 Å². The van der Waals surface area contributed by atoms with Gasteiger partial charge in [0.1, 0.15) is 11.6 Å². The molecule has 4 aromatic rings. The molecule has 1 fully saturated rings. The van der Waals surface area contributed by atoms with Crippen molar-refractivity contribution in [1.29, 1.82) is 5.26 Å². The number of nitro benzene ring substituents is 1. The number of nitro groups is 1. The summed E-state index contributed by atoms with van der Waals surface area (Å²) in [6.07, 6.45) is 5.97. The number of aryl methyl sites for hydroxylation is 1. The number of likely N-dealkylation sites (tertiary alicyclic amines) is 1. The number of nitrogens with zero attached hydrogens (tertiary/aromatic N) is 5. The first-order valence-corrected chi connectivity index (χ1v) is 12.1. The first-order chi connectivity index (χ1) is 17.1. The van der Waals surface area contributed by atoms with Crippen LogP contribution in [-0.4, -0.2) is 38.6 Å². The second-order valence-corrected chi connectivity index (χ2v) is 9.10. The van der Waals surface area contributed by atoms with Gasteiger partial charge in [0.15, 0.2) is 0 Å². The zero-order valence-corrected chi connectivity index (χ0v) is 19.5. The van der Waals surface area contributed by atoms with Crippen LogP contribution in [0.15, 0.2) is 59.4 Å². The number of non-ortho nitro benzene ring substituents is 1. The highest BCUT2D eigenvalue weighted by atomic mass is 16.6. The van der Waals surface area contributed by atoms with E-state index in [1.807, 2.05) is 30.3 Å². The predicted molar refractivity (Wildman–Crippen MR) is 136 cm³/mol. The summed E-state index contributed by atoms with van der Waals surface area (Å²) in [6, 6.07) is 17.5. The van der Waals surface area contributed by atoms with Gasteiger partial charge in [-0.3, -0.25) is 19.5 Å². The molecule has 0 amide bonds. The molecule has 0 spiro atoms. The molecule has 0 atom stereocenters. The number of pyridine rings is 1. The molecule has 35 heavy (non-hydrogen) atoms. The summed E-state index contributed by atoms with van der Waals surface area (Å²) in [7, 11) is 0. The summed E-state index contributed by atoms with van der Waals surface area (Å²) in [5, 5.41) is 21.8. The second-order valence-electron chi connectivity index (χ2n) is 9.10. The number of piperidine rings is 1. The van der Waals surface area contributed by atoms with Crippen LogP contribution in [0.1, 0.15) is 37.7 Å². The van der Waals surface area contributed by atoms with E-state index < -0.39 is 10.5 Å². The minimum atomic E-state index is -0.469. The van der Waals surface area contributed by atoms with Crippen LogP contribution in [0.25, 0.3) is 27.6 Å². The number of hydrogen-bond acceptors (Lipinski definition) is 5. The molecule has 0 unspecified atom stereocenters. The topological polar surface area (TPSA) is 97.1 Å². The summed E-state index contributed by atoms with van der Waals surface area (Å²) in [4.78, 5) is 26.5. The molecule has 1 aliphatic heterocycles. The molecule has 2 aromatic heterocycles. The lowest BCUT2D eigenvalue weighted by molar-refractivity contribution is -0.384. The lowest BCUT2D eigenvalue weighted by Gasteiger charge is -2.26. The molecule has 1 aliphatic rings. The van der Waals surface area contributed by atoms with Crippen LogP contribution in [0.3, 0.4) is 0 Å². The molecular formula is C27H27N5O3. The largest absolute Gasteiger partial charge is 0.339 e. The Morgan fingerprint density at radius 2 is 1.66 bits per heavy atom. The Balaban J connectivity index is 1.59. The van der Waals surface area contributed by atoms with Crippen molar-refractivity contribution in [1.82, 2.24) is 14.0 Å². The number of para-hydroxylation sites is 1. The number of rotatable bonds is 7. The maximum absolute atomic E-state index is 13.3. The van der Waals surface area contributed by atoms with Crippen molar-refractivity contribution in [2.75, 3.05) is 19.6 Å². The Bertz CT molecular complexity index is 1490. The average molecular weight is 470 g/mol. The minimum Gasteiger partial charge on any atom is -0.339 e. The maximum atomic E-state index is 13.3. The fourth-order valence-corrected chi connectivity index (χ4v) is 5.19. The van der Waals surface area contributed by atoms with E-state index in [0.29, 0.717) is 5.69 Å². The van der Waals surface area contributed by atoms with E-state index in [2.05, 4.69) is 9.47 Å². The third-order valence-corrected chi connectivity index (χ3v) is 6.92. The van der Waals surface area contributed by atoms with Gasteiger partial charge in [-0.2, -0.15) is 5.26 Å². The number of fused-ring (bicyclic) bond motifs is 3. The predicted octanol–water partition coefficient (Wildman–Crippen LogP) is 4.99. The fourth-order valence-electron chi connectivity index (χ4n) is 5.19. The second kappa shape index (κ2) is 9.72. The maximum Gasteiger partial charge on any atom is 0.273 e. The van der Waals surface area contributed by atoms with E-state index in [1.54, 1.807) is 18.2 Å². The molecule has 3 heterocycles. The lowest BCUT2D eigenvalue weighted by Crippen LogP contribution is -2.30. The van der Waals surface area contributed by atoms with Crippen LogP contribution in [0.4, 0.5) is 5.69 Å². The third kappa shape index (κ3) is 4.31. The summed E-state index contributed by atoms with van der Waals surface area (Å²) >= 11 is 0. The fraction of sp³-hybridized carbons (Fsp3) is 0.333. The number of unbranched alkanes of at least 4 members (excludes halogenated alkanes) is 1. The third-order valence-electron chi connectivity index (χ3n) is 6.92. The van der Waals surface area contributed by atoms with Crippen LogP contribution in [-0.2, 0) is 6.54 Å². The van der Waals surface area contributed by atoms with Crippen molar-refractivity contribution in [2.24, 2.45) is 0 Å². The van der Waals surface area contributed by atoms with Gasteiger partial charge < -0.3 is 9.47 Å². The number of benzene rings is 2. The van der Waals surface area contributed by atoms with Crippen LogP contribution in [0.5, 0.6) is 0 Å². The minimum absolute atomic E-state index is 0.0493. The van der Waals surface area contributed by atoms with Crippen molar-refractivity contribution in [3.8, 4) is 11.8 Å². The summed E-state index contributed by atoms with van der Waals surface area (Å²) in [6.45, 7) is 4.24. The Morgan fingerprint density at radius 1 is 0.943 bits per heavy atom.